The van der Waals surface area contributed by atoms with E-state index in [9.17, 15) is 9.59 Å². The standard InChI is InChI=1S/C27H37N5O3/c28-10-14-35-23-4-1-19(2-5-23)18-31-11-7-20(8-12-31)21-3-6-24-22(15-21)16-29-17-25(24)32-13-9-26(33)30-27(32)34/h3,6,15-17,19-20,23H,1-2,4-5,7-14,18,28H2,(H,30,33,34). The fourth-order valence-electron chi connectivity index (χ4n) is 5.97. The summed E-state index contributed by atoms with van der Waals surface area (Å²) in [6, 6.07) is 6.19. The molecular weight excluding hydrogens is 442 g/mol. The predicted molar refractivity (Wildman–Crippen MR) is 136 cm³/mol. The Morgan fingerprint density at radius 1 is 1.03 bits per heavy atom. The molecule has 0 atom stereocenters. The highest BCUT2D eigenvalue weighted by Crippen LogP contribution is 2.34. The molecule has 0 radical (unpaired) electrons. The molecule has 1 aliphatic carbocycles. The molecule has 0 spiro atoms. The number of fused-ring (bicyclic) bond motifs is 1. The van der Waals surface area contributed by atoms with Gasteiger partial charge in [-0.2, -0.15) is 0 Å². The summed E-state index contributed by atoms with van der Waals surface area (Å²) in [7, 11) is 0. The van der Waals surface area contributed by atoms with Crippen molar-refractivity contribution in [3.8, 4) is 0 Å². The molecule has 2 aliphatic heterocycles. The van der Waals surface area contributed by atoms with Gasteiger partial charge in [0, 0.05) is 43.0 Å². The lowest BCUT2D eigenvalue weighted by molar-refractivity contribution is -0.120. The Hall–Kier alpha value is -2.55. The van der Waals surface area contributed by atoms with Crippen molar-refractivity contribution >= 4 is 28.4 Å². The number of ether oxygens (including phenoxy) is 1. The number of anilines is 1. The molecule has 5 rings (SSSR count). The quantitative estimate of drug-likeness (QED) is 0.631. The fraction of sp³-hybridized carbons (Fsp3) is 0.593. The number of amides is 3. The zero-order valence-electron chi connectivity index (χ0n) is 20.5. The van der Waals surface area contributed by atoms with Gasteiger partial charge in [0.1, 0.15) is 0 Å². The third kappa shape index (κ3) is 5.66. The Balaban J connectivity index is 1.17. The number of nitrogens with one attached hydrogen (secondary N) is 1. The van der Waals surface area contributed by atoms with Crippen LogP contribution in [0.1, 0.15) is 56.4 Å². The van der Waals surface area contributed by atoms with Gasteiger partial charge in [0.25, 0.3) is 0 Å². The number of nitrogens with two attached hydrogens (primary N) is 1. The first-order valence-corrected chi connectivity index (χ1v) is 13.1. The summed E-state index contributed by atoms with van der Waals surface area (Å²) in [5.74, 6) is 1.12. The molecule has 1 aromatic carbocycles. The molecular formula is C27H37N5O3. The number of pyridine rings is 1. The smallest absolute Gasteiger partial charge is 0.328 e. The summed E-state index contributed by atoms with van der Waals surface area (Å²) < 4.78 is 5.84. The van der Waals surface area contributed by atoms with Crippen molar-refractivity contribution in [3.63, 3.8) is 0 Å². The number of nitrogens with zero attached hydrogens (tertiary/aromatic N) is 3. The number of carbonyl (C=O) groups excluding carboxylic acids is 2. The first-order valence-electron chi connectivity index (χ1n) is 13.1. The average Bonchev–Trinajstić information content (AvgIpc) is 2.88. The average molecular weight is 480 g/mol. The summed E-state index contributed by atoms with van der Waals surface area (Å²) in [5, 5.41) is 4.44. The summed E-state index contributed by atoms with van der Waals surface area (Å²) in [6.45, 7) is 5.18. The topological polar surface area (TPSA) is 101 Å². The number of imide groups is 1. The lowest BCUT2D eigenvalue weighted by Gasteiger charge is -2.36. The lowest BCUT2D eigenvalue weighted by atomic mass is 9.85. The Labute approximate surface area is 207 Å². The fourth-order valence-corrected chi connectivity index (χ4v) is 5.97. The SMILES string of the molecule is NCCOC1CCC(CN2CCC(c3ccc4c(N5CCC(=O)NC5=O)cncc4c3)CC2)CC1. The molecule has 3 amide bonds. The molecule has 3 aliphatic rings. The van der Waals surface area contributed by atoms with E-state index in [1.165, 1.54) is 50.6 Å². The highest BCUT2D eigenvalue weighted by molar-refractivity contribution is 6.09. The molecule has 2 saturated heterocycles. The van der Waals surface area contributed by atoms with Gasteiger partial charge in [-0.05, 0) is 75.1 Å². The van der Waals surface area contributed by atoms with Crippen molar-refractivity contribution < 1.29 is 14.3 Å². The van der Waals surface area contributed by atoms with Crippen molar-refractivity contribution in [3.05, 3.63) is 36.2 Å². The van der Waals surface area contributed by atoms with Crippen LogP contribution in [-0.4, -0.2) is 67.3 Å². The maximum atomic E-state index is 12.3. The normalized spacial score (nSPS) is 24.7. The number of urea groups is 1. The molecule has 3 fully saturated rings. The van der Waals surface area contributed by atoms with E-state index in [0.29, 0.717) is 38.1 Å². The van der Waals surface area contributed by atoms with Crippen molar-refractivity contribution in [2.24, 2.45) is 11.7 Å². The van der Waals surface area contributed by atoms with Crippen LogP contribution >= 0.6 is 0 Å². The highest BCUT2D eigenvalue weighted by Gasteiger charge is 2.28. The predicted octanol–water partition coefficient (Wildman–Crippen LogP) is 3.39. The van der Waals surface area contributed by atoms with Crippen LogP contribution < -0.4 is 16.0 Å². The van der Waals surface area contributed by atoms with Gasteiger partial charge in [-0.25, -0.2) is 4.79 Å². The van der Waals surface area contributed by atoms with E-state index in [-0.39, 0.29) is 11.9 Å². The number of piperidine rings is 1. The molecule has 0 bridgehead atoms. The maximum Gasteiger partial charge on any atom is 0.328 e. The van der Waals surface area contributed by atoms with Crippen molar-refractivity contribution in [1.82, 2.24) is 15.2 Å². The van der Waals surface area contributed by atoms with Crippen LogP contribution in [0.4, 0.5) is 10.5 Å². The van der Waals surface area contributed by atoms with Crippen LogP contribution in [0, 0.1) is 5.92 Å². The highest BCUT2D eigenvalue weighted by atomic mass is 16.5. The molecule has 35 heavy (non-hydrogen) atoms. The number of hydrogen-bond acceptors (Lipinski definition) is 6. The van der Waals surface area contributed by atoms with Crippen LogP contribution in [0.5, 0.6) is 0 Å². The van der Waals surface area contributed by atoms with Crippen LogP contribution in [0.2, 0.25) is 0 Å². The summed E-state index contributed by atoms with van der Waals surface area (Å²) in [6.07, 6.45) is 11.5. The molecule has 8 nitrogen and oxygen atoms in total. The Morgan fingerprint density at radius 2 is 1.83 bits per heavy atom. The largest absolute Gasteiger partial charge is 0.377 e. The first-order chi connectivity index (χ1) is 17.1. The summed E-state index contributed by atoms with van der Waals surface area (Å²) in [5.41, 5.74) is 7.68. The first kappa shape index (κ1) is 24.2. The minimum atomic E-state index is -0.372. The van der Waals surface area contributed by atoms with Crippen molar-refractivity contribution in [2.45, 2.75) is 57.0 Å². The molecule has 8 heteroatoms. The molecule has 3 heterocycles. The Kier molecular flexibility index (Phi) is 7.60. The van der Waals surface area contributed by atoms with E-state index >= 15 is 0 Å². The van der Waals surface area contributed by atoms with E-state index in [1.807, 2.05) is 6.20 Å². The molecule has 3 N–H and O–H groups in total. The van der Waals surface area contributed by atoms with E-state index < -0.39 is 0 Å². The molecule has 2 aromatic rings. The number of aromatic nitrogens is 1. The third-order valence-electron chi connectivity index (χ3n) is 7.95. The van der Waals surface area contributed by atoms with Crippen LogP contribution in [0.15, 0.2) is 30.6 Å². The Morgan fingerprint density at radius 3 is 2.57 bits per heavy atom. The van der Waals surface area contributed by atoms with E-state index in [2.05, 4.69) is 33.4 Å². The number of likely N-dealkylation sites (tertiary alicyclic amines) is 1. The van der Waals surface area contributed by atoms with E-state index in [1.54, 1.807) is 11.1 Å². The van der Waals surface area contributed by atoms with Gasteiger partial charge >= 0.3 is 6.03 Å². The van der Waals surface area contributed by atoms with Crippen molar-refractivity contribution in [2.75, 3.05) is 44.2 Å². The van der Waals surface area contributed by atoms with Crippen LogP contribution in [-0.2, 0) is 9.53 Å². The number of carbonyl (C=O) groups is 2. The molecule has 188 valence electrons. The second-order valence-corrected chi connectivity index (χ2v) is 10.3. The molecule has 1 saturated carbocycles. The number of benzene rings is 1. The van der Waals surface area contributed by atoms with Gasteiger partial charge in [0.15, 0.2) is 0 Å². The van der Waals surface area contributed by atoms with Gasteiger partial charge in [0.2, 0.25) is 5.91 Å². The second-order valence-electron chi connectivity index (χ2n) is 10.3. The van der Waals surface area contributed by atoms with Gasteiger partial charge in [0.05, 0.1) is 24.6 Å². The zero-order valence-corrected chi connectivity index (χ0v) is 20.5. The van der Waals surface area contributed by atoms with Crippen molar-refractivity contribution in [1.29, 1.82) is 0 Å². The minimum Gasteiger partial charge on any atom is -0.377 e. The second kappa shape index (κ2) is 11.0. The van der Waals surface area contributed by atoms with Gasteiger partial charge in [-0.3, -0.25) is 20.0 Å². The van der Waals surface area contributed by atoms with Gasteiger partial charge < -0.3 is 15.4 Å². The van der Waals surface area contributed by atoms with Crippen LogP contribution in [0.25, 0.3) is 10.8 Å². The molecule has 1 aromatic heterocycles. The number of hydrogen-bond donors (Lipinski definition) is 2. The Bertz CT molecular complexity index is 1040. The monoisotopic (exact) mass is 479 g/mol. The van der Waals surface area contributed by atoms with Crippen LogP contribution in [0.3, 0.4) is 0 Å². The van der Waals surface area contributed by atoms with E-state index in [0.717, 1.165) is 35.5 Å². The summed E-state index contributed by atoms with van der Waals surface area (Å²) >= 11 is 0. The summed E-state index contributed by atoms with van der Waals surface area (Å²) in [4.78, 5) is 32.5. The zero-order chi connectivity index (χ0) is 24.2. The maximum absolute atomic E-state index is 12.3. The third-order valence-corrected chi connectivity index (χ3v) is 7.95. The molecule has 0 unspecified atom stereocenters. The van der Waals surface area contributed by atoms with Gasteiger partial charge in [-0.15, -0.1) is 0 Å². The van der Waals surface area contributed by atoms with E-state index in [4.69, 9.17) is 10.5 Å². The lowest BCUT2D eigenvalue weighted by Crippen LogP contribution is -2.49. The number of rotatable bonds is 7. The minimum absolute atomic E-state index is 0.225. The van der Waals surface area contributed by atoms with Gasteiger partial charge in [-0.1, -0.05) is 12.1 Å².